The molecule has 9 heteroatoms. The summed E-state index contributed by atoms with van der Waals surface area (Å²) in [7, 11) is -3.76. The minimum absolute atomic E-state index is 0.0154. The van der Waals surface area contributed by atoms with Gasteiger partial charge in [0.2, 0.25) is 0 Å². The summed E-state index contributed by atoms with van der Waals surface area (Å²) in [6.07, 6.45) is 0. The van der Waals surface area contributed by atoms with Gasteiger partial charge in [0.25, 0.3) is 10.0 Å². The molecule has 0 saturated carbocycles. The van der Waals surface area contributed by atoms with Crippen molar-refractivity contribution in [3.63, 3.8) is 0 Å². The molecular weight excluding hydrogens is 446 g/mol. The van der Waals surface area contributed by atoms with E-state index in [1.54, 1.807) is 6.92 Å². The third-order valence-electron chi connectivity index (χ3n) is 2.58. The van der Waals surface area contributed by atoms with E-state index in [-0.39, 0.29) is 16.1 Å². The Morgan fingerprint density at radius 3 is 2.48 bits per heavy atom. The van der Waals surface area contributed by atoms with Gasteiger partial charge in [-0.25, -0.2) is 13.2 Å². The van der Waals surface area contributed by atoms with Gasteiger partial charge in [-0.3, -0.25) is 4.72 Å². The van der Waals surface area contributed by atoms with Crippen molar-refractivity contribution >= 4 is 64.9 Å². The van der Waals surface area contributed by atoms with Crippen LogP contribution in [0.2, 0.25) is 0 Å². The summed E-state index contributed by atoms with van der Waals surface area (Å²) in [4.78, 5) is 11.9. The Hall–Kier alpha value is -0.900. The number of carboxylic acid groups (broad SMARTS) is 1. The fourth-order valence-electron chi connectivity index (χ4n) is 1.66. The summed E-state index contributed by atoms with van der Waals surface area (Å²) in [5.74, 6) is -1.14. The van der Waals surface area contributed by atoms with E-state index in [9.17, 15) is 13.2 Å². The molecule has 0 aliphatic heterocycles. The Morgan fingerprint density at radius 2 is 1.95 bits per heavy atom. The molecule has 0 aliphatic carbocycles. The second-order valence-corrected chi connectivity index (χ2v) is 9.22. The highest BCUT2D eigenvalue weighted by Gasteiger charge is 2.20. The third kappa shape index (κ3) is 3.65. The van der Waals surface area contributed by atoms with Crippen molar-refractivity contribution in [1.29, 1.82) is 0 Å². The van der Waals surface area contributed by atoms with E-state index >= 15 is 0 Å². The number of carboxylic acids is 1. The predicted octanol–water partition coefficient (Wildman–Crippen LogP) is 4.08. The molecule has 0 fully saturated rings. The average molecular weight is 455 g/mol. The molecule has 0 unspecified atom stereocenters. The number of sulfonamides is 1. The lowest BCUT2D eigenvalue weighted by atomic mass is 10.2. The summed E-state index contributed by atoms with van der Waals surface area (Å²) in [5, 5.41) is 9.04. The van der Waals surface area contributed by atoms with E-state index in [2.05, 4.69) is 36.6 Å². The van der Waals surface area contributed by atoms with Gasteiger partial charge in [0.15, 0.2) is 0 Å². The minimum atomic E-state index is -3.76. The second-order valence-electron chi connectivity index (χ2n) is 4.08. The van der Waals surface area contributed by atoms with Crippen molar-refractivity contribution in [3.05, 3.63) is 43.0 Å². The molecule has 0 radical (unpaired) electrons. The van der Waals surface area contributed by atoms with Crippen LogP contribution in [0.5, 0.6) is 0 Å². The predicted molar refractivity (Wildman–Crippen MR) is 88.7 cm³/mol. The van der Waals surface area contributed by atoms with Crippen molar-refractivity contribution in [2.45, 2.75) is 11.8 Å². The van der Waals surface area contributed by atoms with Crippen LogP contribution in [0.15, 0.2) is 37.4 Å². The van der Waals surface area contributed by atoms with Gasteiger partial charge in [0.1, 0.15) is 4.90 Å². The monoisotopic (exact) mass is 453 g/mol. The van der Waals surface area contributed by atoms with Crippen LogP contribution in [0.3, 0.4) is 0 Å². The summed E-state index contributed by atoms with van der Waals surface area (Å²) in [6, 6.07) is 5.75. The van der Waals surface area contributed by atoms with E-state index in [4.69, 9.17) is 5.11 Å². The fourth-order valence-corrected chi connectivity index (χ4v) is 5.54. The normalized spacial score (nSPS) is 11.4. The molecule has 112 valence electrons. The zero-order chi connectivity index (χ0) is 15.8. The topological polar surface area (TPSA) is 83.5 Å². The summed E-state index contributed by atoms with van der Waals surface area (Å²) < 4.78 is 28.1. The average Bonchev–Trinajstić information content (AvgIpc) is 2.71. The van der Waals surface area contributed by atoms with Gasteiger partial charge in [-0.05, 0) is 63.0 Å². The minimum Gasteiger partial charge on any atom is -0.478 e. The Bertz CT molecular complexity index is 815. The number of aryl methyl sites for hydroxylation is 1. The molecule has 0 amide bonds. The molecule has 0 spiro atoms. The smallest absolute Gasteiger partial charge is 0.336 e. The molecule has 2 rings (SSSR count). The SMILES string of the molecule is Cc1sc(Br)cc1S(=O)(=O)Nc1ccc(Br)c(C(=O)O)c1. The van der Waals surface area contributed by atoms with Gasteiger partial charge in [-0.1, -0.05) is 0 Å². The number of rotatable bonds is 4. The van der Waals surface area contributed by atoms with Crippen LogP contribution in [0.25, 0.3) is 0 Å². The van der Waals surface area contributed by atoms with E-state index in [0.29, 0.717) is 13.1 Å². The van der Waals surface area contributed by atoms with Crippen LogP contribution >= 0.6 is 43.2 Å². The van der Waals surface area contributed by atoms with E-state index < -0.39 is 16.0 Å². The highest BCUT2D eigenvalue weighted by molar-refractivity contribution is 9.11. The van der Waals surface area contributed by atoms with E-state index in [0.717, 1.165) is 0 Å². The third-order valence-corrected chi connectivity index (χ3v) is 6.46. The number of aromatic carboxylic acids is 1. The molecule has 0 atom stereocenters. The van der Waals surface area contributed by atoms with Gasteiger partial charge in [0.05, 0.1) is 9.35 Å². The molecule has 5 nitrogen and oxygen atoms in total. The first-order chi connectivity index (χ1) is 9.70. The van der Waals surface area contributed by atoms with Gasteiger partial charge in [-0.15, -0.1) is 11.3 Å². The first kappa shape index (κ1) is 16.5. The first-order valence-electron chi connectivity index (χ1n) is 5.52. The molecule has 0 bridgehead atoms. The van der Waals surface area contributed by atoms with Crippen molar-refractivity contribution in [2.75, 3.05) is 4.72 Å². The molecule has 21 heavy (non-hydrogen) atoms. The number of halogens is 2. The number of hydrogen-bond donors (Lipinski definition) is 2. The van der Waals surface area contributed by atoms with Crippen molar-refractivity contribution < 1.29 is 18.3 Å². The van der Waals surface area contributed by atoms with Gasteiger partial charge >= 0.3 is 5.97 Å². The maximum atomic E-state index is 12.3. The van der Waals surface area contributed by atoms with E-state index in [1.165, 1.54) is 35.6 Å². The highest BCUT2D eigenvalue weighted by Crippen LogP contribution is 2.31. The van der Waals surface area contributed by atoms with Crippen LogP contribution in [0, 0.1) is 6.92 Å². The number of anilines is 1. The molecule has 0 saturated heterocycles. The Balaban J connectivity index is 2.40. The lowest BCUT2D eigenvalue weighted by Gasteiger charge is -2.09. The van der Waals surface area contributed by atoms with E-state index in [1.807, 2.05) is 0 Å². The molecule has 1 heterocycles. The van der Waals surface area contributed by atoms with Crippen molar-refractivity contribution in [1.82, 2.24) is 0 Å². The van der Waals surface area contributed by atoms with Gasteiger partial charge in [0, 0.05) is 15.0 Å². The Kier molecular flexibility index (Phi) is 4.76. The molecule has 2 N–H and O–H groups in total. The first-order valence-corrected chi connectivity index (χ1v) is 9.41. The van der Waals surface area contributed by atoms with Crippen LogP contribution in [0.4, 0.5) is 5.69 Å². The fraction of sp³-hybridized carbons (Fsp3) is 0.0833. The van der Waals surface area contributed by atoms with Crippen LogP contribution in [-0.2, 0) is 10.0 Å². The molecule has 1 aromatic carbocycles. The summed E-state index contributed by atoms with van der Waals surface area (Å²) in [6.45, 7) is 1.70. The summed E-state index contributed by atoms with van der Waals surface area (Å²) >= 11 is 7.66. The standard InChI is InChI=1S/C12H9Br2NO4S2/c1-6-10(5-11(14)20-6)21(18,19)15-7-2-3-9(13)8(4-7)12(16)17/h2-5,15H,1H3,(H,16,17). The number of benzene rings is 1. The zero-order valence-electron chi connectivity index (χ0n) is 10.6. The number of carbonyl (C=O) groups is 1. The van der Waals surface area contributed by atoms with Crippen molar-refractivity contribution in [3.8, 4) is 0 Å². The molecule has 0 aliphatic rings. The van der Waals surface area contributed by atoms with Crippen molar-refractivity contribution in [2.24, 2.45) is 0 Å². The highest BCUT2D eigenvalue weighted by atomic mass is 79.9. The number of thiophene rings is 1. The Morgan fingerprint density at radius 1 is 1.29 bits per heavy atom. The van der Waals surface area contributed by atoms with Crippen LogP contribution in [0.1, 0.15) is 15.2 Å². The lowest BCUT2D eigenvalue weighted by Crippen LogP contribution is -2.13. The number of nitrogens with one attached hydrogen (secondary N) is 1. The van der Waals surface area contributed by atoms with Crippen LogP contribution in [-0.4, -0.2) is 19.5 Å². The van der Waals surface area contributed by atoms with Crippen LogP contribution < -0.4 is 4.72 Å². The molecule has 1 aromatic heterocycles. The van der Waals surface area contributed by atoms with Gasteiger partial charge < -0.3 is 5.11 Å². The Labute approximate surface area is 142 Å². The number of hydrogen-bond acceptors (Lipinski definition) is 4. The maximum absolute atomic E-state index is 12.3. The molecular formula is C12H9Br2NO4S2. The quantitative estimate of drug-likeness (QED) is 0.728. The lowest BCUT2D eigenvalue weighted by molar-refractivity contribution is 0.0696. The second kappa shape index (κ2) is 6.07. The largest absolute Gasteiger partial charge is 0.478 e. The zero-order valence-corrected chi connectivity index (χ0v) is 15.4. The molecule has 2 aromatic rings. The summed E-state index contributed by atoms with van der Waals surface area (Å²) in [5.41, 5.74) is 0.177. The maximum Gasteiger partial charge on any atom is 0.336 e. The van der Waals surface area contributed by atoms with Gasteiger partial charge in [-0.2, -0.15) is 0 Å².